The SMILES string of the molecule is c1ccc2c(c1)oc1c2ccc2c3ccccc3n(-c3ccc(-c4cc(-c5ccc(-n6c7ccccc7c7ccc8c9ccccc9oc8c76)cc5)nc(-c5ccc(-n6c7ccccc7c7ccc8c9ccccc9oc8c76)cc5)n4)cc3)c21. The van der Waals surface area contributed by atoms with E-state index in [1.807, 2.05) is 36.4 Å². The first-order chi connectivity index (χ1) is 41.6. The summed E-state index contributed by atoms with van der Waals surface area (Å²) >= 11 is 0. The van der Waals surface area contributed by atoms with Crippen LogP contribution >= 0.6 is 0 Å². The number of aromatic nitrogens is 5. The fourth-order valence-electron chi connectivity index (χ4n) is 13.7. The molecule has 0 aliphatic rings. The molecule has 0 fully saturated rings. The van der Waals surface area contributed by atoms with E-state index < -0.39 is 0 Å². The highest BCUT2D eigenvalue weighted by atomic mass is 16.3. The van der Waals surface area contributed by atoms with Crippen LogP contribution in [0.25, 0.3) is 182 Å². The van der Waals surface area contributed by atoms with Crippen molar-refractivity contribution >= 4 is 131 Å². The number of nitrogens with zero attached hydrogens (tertiary/aromatic N) is 5. The molecule has 19 rings (SSSR count). The predicted octanol–water partition coefficient (Wildman–Crippen LogP) is 20.5. The summed E-state index contributed by atoms with van der Waals surface area (Å²) in [6, 6.07) is 92.2. The Bertz CT molecular complexity index is 5370. The first-order valence-electron chi connectivity index (χ1n) is 28.4. The first kappa shape index (κ1) is 45.3. The zero-order valence-electron chi connectivity index (χ0n) is 44.8. The maximum atomic E-state index is 6.70. The van der Waals surface area contributed by atoms with Gasteiger partial charge in [-0.25, -0.2) is 9.97 Å². The van der Waals surface area contributed by atoms with E-state index in [0.717, 1.165) is 160 Å². The van der Waals surface area contributed by atoms with Crippen LogP contribution in [0, 0.1) is 0 Å². The summed E-state index contributed by atoms with van der Waals surface area (Å²) in [6.07, 6.45) is 0. The molecule has 0 aliphatic carbocycles. The van der Waals surface area contributed by atoms with Crippen molar-refractivity contribution in [3.63, 3.8) is 0 Å². The Balaban J connectivity index is 0.772. The molecule has 0 unspecified atom stereocenters. The van der Waals surface area contributed by atoms with Gasteiger partial charge < -0.3 is 27.0 Å². The summed E-state index contributed by atoms with van der Waals surface area (Å²) in [5.41, 5.74) is 19.2. The molecule has 19 aromatic rings. The monoisotopic (exact) mass is 1070 g/mol. The van der Waals surface area contributed by atoms with Crippen LogP contribution in [0.4, 0.5) is 0 Å². The molecular formula is C76H43N5O3. The second-order valence-corrected chi connectivity index (χ2v) is 22.0. The Hall–Kier alpha value is -11.5. The van der Waals surface area contributed by atoms with Gasteiger partial charge in [0.25, 0.3) is 0 Å². The Kier molecular flexibility index (Phi) is 9.18. The quantitative estimate of drug-likeness (QED) is 0.166. The first-order valence-corrected chi connectivity index (χ1v) is 28.4. The molecule has 0 bridgehead atoms. The Morgan fingerprint density at radius 3 is 0.869 bits per heavy atom. The zero-order chi connectivity index (χ0) is 54.7. The fourth-order valence-corrected chi connectivity index (χ4v) is 13.7. The average molecular weight is 1070 g/mol. The lowest BCUT2D eigenvalue weighted by Gasteiger charge is -2.13. The summed E-state index contributed by atoms with van der Waals surface area (Å²) in [5, 5.41) is 13.5. The minimum Gasteiger partial charge on any atom is -0.454 e. The fraction of sp³-hybridized carbons (Fsp3) is 0. The van der Waals surface area contributed by atoms with E-state index in [1.165, 1.54) is 16.2 Å². The van der Waals surface area contributed by atoms with Gasteiger partial charge in [-0.1, -0.05) is 152 Å². The third-order valence-corrected chi connectivity index (χ3v) is 17.5. The van der Waals surface area contributed by atoms with Crippen LogP contribution in [0.15, 0.2) is 274 Å². The molecule has 0 atom stereocenters. The maximum Gasteiger partial charge on any atom is 0.160 e. The normalized spacial score (nSPS) is 12.3. The summed E-state index contributed by atoms with van der Waals surface area (Å²) in [4.78, 5) is 10.8. The Morgan fingerprint density at radius 2 is 0.524 bits per heavy atom. The van der Waals surface area contributed by atoms with E-state index in [9.17, 15) is 0 Å². The molecule has 0 radical (unpaired) electrons. The minimum absolute atomic E-state index is 0.619. The second kappa shape index (κ2) is 17.0. The van der Waals surface area contributed by atoms with Crippen molar-refractivity contribution in [2.24, 2.45) is 0 Å². The molecule has 0 N–H and O–H groups in total. The van der Waals surface area contributed by atoms with Crippen LogP contribution in [0.2, 0.25) is 0 Å². The molecule has 7 heterocycles. The van der Waals surface area contributed by atoms with Gasteiger partial charge in [0.15, 0.2) is 22.6 Å². The molecule has 8 nitrogen and oxygen atoms in total. The van der Waals surface area contributed by atoms with Crippen molar-refractivity contribution in [2.75, 3.05) is 0 Å². The number of benzene rings is 12. The Morgan fingerprint density at radius 1 is 0.238 bits per heavy atom. The van der Waals surface area contributed by atoms with Crippen molar-refractivity contribution in [2.45, 2.75) is 0 Å². The lowest BCUT2D eigenvalue weighted by molar-refractivity contribution is 0.670. The summed E-state index contributed by atoms with van der Waals surface area (Å²) in [5.74, 6) is 0.619. The highest BCUT2D eigenvalue weighted by molar-refractivity contribution is 6.24. The van der Waals surface area contributed by atoms with Gasteiger partial charge in [-0.3, -0.25) is 0 Å². The van der Waals surface area contributed by atoms with Crippen LogP contribution in [-0.2, 0) is 0 Å². The lowest BCUT2D eigenvalue weighted by Crippen LogP contribution is -1.99. The number of hydrogen-bond donors (Lipinski definition) is 0. The molecular weight excluding hydrogens is 1030 g/mol. The topological polar surface area (TPSA) is 80.0 Å². The zero-order valence-corrected chi connectivity index (χ0v) is 44.8. The summed E-state index contributed by atoms with van der Waals surface area (Å²) < 4.78 is 27.1. The van der Waals surface area contributed by atoms with E-state index in [1.54, 1.807) is 0 Å². The Labute approximate surface area is 477 Å². The molecule has 0 amide bonds. The maximum absolute atomic E-state index is 6.70. The average Bonchev–Trinajstić information content (AvgIpc) is 2.25. The van der Waals surface area contributed by atoms with Crippen LogP contribution < -0.4 is 0 Å². The van der Waals surface area contributed by atoms with Crippen LogP contribution in [0.5, 0.6) is 0 Å². The molecule has 390 valence electrons. The number of fused-ring (bicyclic) bond motifs is 21. The summed E-state index contributed by atoms with van der Waals surface area (Å²) in [6.45, 7) is 0. The van der Waals surface area contributed by atoms with Crippen LogP contribution in [0.1, 0.15) is 0 Å². The highest BCUT2D eigenvalue weighted by Crippen LogP contribution is 2.45. The molecule has 0 saturated carbocycles. The van der Waals surface area contributed by atoms with Crippen LogP contribution in [0.3, 0.4) is 0 Å². The van der Waals surface area contributed by atoms with Gasteiger partial charge in [-0.05, 0) is 109 Å². The highest BCUT2D eigenvalue weighted by Gasteiger charge is 2.23. The van der Waals surface area contributed by atoms with Gasteiger partial charge in [-0.2, -0.15) is 0 Å². The molecule has 84 heavy (non-hydrogen) atoms. The van der Waals surface area contributed by atoms with Gasteiger partial charge in [0.2, 0.25) is 0 Å². The molecule has 0 saturated heterocycles. The van der Waals surface area contributed by atoms with Gasteiger partial charge in [-0.15, -0.1) is 0 Å². The van der Waals surface area contributed by atoms with E-state index in [4.69, 9.17) is 23.2 Å². The van der Waals surface area contributed by atoms with Crippen molar-refractivity contribution in [1.82, 2.24) is 23.7 Å². The van der Waals surface area contributed by atoms with Crippen molar-refractivity contribution < 1.29 is 13.3 Å². The van der Waals surface area contributed by atoms with E-state index in [-0.39, 0.29) is 0 Å². The molecule has 0 spiro atoms. The molecule has 8 heteroatoms. The van der Waals surface area contributed by atoms with Gasteiger partial charge in [0.05, 0.1) is 44.5 Å². The lowest BCUT2D eigenvalue weighted by atomic mass is 10.1. The summed E-state index contributed by atoms with van der Waals surface area (Å²) in [7, 11) is 0. The standard InChI is InChI=1S/C76H43N5O3/c1-7-19-64-50(13-1)56-37-40-59-53-16-4-10-22-67(53)82-73(59)70(56)79(64)47-31-25-44(26-32-47)62-43-63(45-27-33-48(34-28-45)80-65-20-8-2-14-51(65)57-38-41-60-54-17-5-11-23-68(54)83-74(60)71(57)80)78-76(77-62)46-29-35-49(36-30-46)81-66-21-9-3-15-52(66)58-39-42-61-55-18-6-12-24-69(55)84-75(61)72(58)81/h1-43H. The van der Waals surface area contributed by atoms with E-state index in [0.29, 0.717) is 5.82 Å². The minimum atomic E-state index is 0.619. The van der Waals surface area contributed by atoms with Gasteiger partial charge in [0.1, 0.15) is 16.7 Å². The number of para-hydroxylation sites is 6. The number of hydrogen-bond acceptors (Lipinski definition) is 5. The van der Waals surface area contributed by atoms with Crippen molar-refractivity contribution in [1.29, 1.82) is 0 Å². The number of rotatable bonds is 6. The largest absolute Gasteiger partial charge is 0.454 e. The van der Waals surface area contributed by atoms with Gasteiger partial charge >= 0.3 is 0 Å². The molecule has 7 aromatic heterocycles. The molecule has 12 aromatic carbocycles. The van der Waals surface area contributed by atoms with Crippen LogP contribution in [-0.4, -0.2) is 23.7 Å². The predicted molar refractivity (Wildman–Crippen MR) is 343 cm³/mol. The third-order valence-electron chi connectivity index (χ3n) is 17.5. The van der Waals surface area contributed by atoms with Crippen molar-refractivity contribution in [3.8, 4) is 51.0 Å². The van der Waals surface area contributed by atoms with Crippen molar-refractivity contribution in [3.05, 3.63) is 261 Å². The van der Waals surface area contributed by atoms with Gasteiger partial charge in [0, 0.05) is 98.4 Å². The van der Waals surface area contributed by atoms with E-state index in [2.05, 4.69) is 238 Å². The second-order valence-electron chi connectivity index (χ2n) is 22.0. The van der Waals surface area contributed by atoms with E-state index >= 15 is 0 Å². The number of furan rings is 3. The smallest absolute Gasteiger partial charge is 0.160 e. The molecule has 0 aliphatic heterocycles. The third kappa shape index (κ3) is 6.36.